The number of aliphatic hydroxyl groups excluding tert-OH is 4. The molecule has 0 radical (unpaired) electrons. The minimum absolute atomic E-state index is 0.00256. The maximum Gasteiger partial charge on any atom is 0.313 e. The summed E-state index contributed by atoms with van der Waals surface area (Å²) in [5, 5.41) is 71.8. The minimum atomic E-state index is -2.17. The zero-order valence-corrected chi connectivity index (χ0v) is 32.6. The van der Waals surface area contributed by atoms with E-state index in [9.17, 15) is 49.8 Å². The van der Waals surface area contributed by atoms with E-state index >= 15 is 0 Å². The Morgan fingerprint density at radius 1 is 0.909 bits per heavy atom. The van der Waals surface area contributed by atoms with Gasteiger partial charge in [-0.1, -0.05) is 39.0 Å². The highest BCUT2D eigenvalue weighted by Gasteiger charge is 2.47. The molecule has 55 heavy (non-hydrogen) atoms. The fourth-order valence-electron chi connectivity index (χ4n) is 7.28. The van der Waals surface area contributed by atoms with E-state index in [0.717, 1.165) is 14.0 Å². The van der Waals surface area contributed by atoms with Gasteiger partial charge in [0.2, 0.25) is 6.79 Å². The van der Waals surface area contributed by atoms with E-state index in [2.05, 4.69) is 5.32 Å². The highest BCUT2D eigenvalue weighted by molar-refractivity contribution is 6.21. The van der Waals surface area contributed by atoms with Crippen molar-refractivity contribution in [3.63, 3.8) is 0 Å². The van der Waals surface area contributed by atoms with E-state index in [1.54, 1.807) is 13.0 Å². The van der Waals surface area contributed by atoms with Crippen LogP contribution in [-0.4, -0.2) is 98.2 Å². The molecule has 3 heterocycles. The first kappa shape index (κ1) is 42.9. The highest BCUT2D eigenvalue weighted by Crippen LogP contribution is 2.53. The van der Waals surface area contributed by atoms with Gasteiger partial charge in [0.05, 0.1) is 48.3 Å². The summed E-state index contributed by atoms with van der Waals surface area (Å²) in [7, 11) is 1.06. The Morgan fingerprint density at radius 3 is 2.11 bits per heavy atom. The normalized spacial score (nSPS) is 30.8. The molecule has 5 rings (SSSR count). The molecule has 0 aromatic heterocycles. The number of methoxy groups -OCH3 is 1. The first-order chi connectivity index (χ1) is 25.6. The number of Topliss-reactive ketones (excluding diaryl/α,β-unsaturated/α-hetero) is 1. The van der Waals surface area contributed by atoms with Crippen LogP contribution in [-0.2, 0) is 28.6 Å². The van der Waals surface area contributed by atoms with Crippen LogP contribution in [0.1, 0.15) is 76.9 Å². The van der Waals surface area contributed by atoms with Crippen LogP contribution in [0.5, 0.6) is 11.5 Å². The minimum Gasteiger partial charge on any atom is -0.505 e. The zero-order valence-electron chi connectivity index (χ0n) is 32.6. The number of amides is 1. The van der Waals surface area contributed by atoms with E-state index in [4.69, 9.17) is 18.9 Å². The summed E-state index contributed by atoms with van der Waals surface area (Å²) in [5.74, 6) is -8.68. The van der Waals surface area contributed by atoms with Gasteiger partial charge in [-0.2, -0.15) is 0 Å². The number of ether oxygens (including phenoxy) is 4. The van der Waals surface area contributed by atoms with Crippen molar-refractivity contribution in [2.75, 3.05) is 19.2 Å². The van der Waals surface area contributed by atoms with Crippen molar-refractivity contribution < 1.29 is 68.8 Å². The van der Waals surface area contributed by atoms with E-state index in [0.29, 0.717) is 0 Å². The molecule has 7 N–H and O–H groups in total. The average molecular weight is 770 g/mol. The summed E-state index contributed by atoms with van der Waals surface area (Å²) in [4.78, 5) is 53.0. The first-order valence-electron chi connectivity index (χ1n) is 17.8. The van der Waals surface area contributed by atoms with Gasteiger partial charge in [-0.15, -0.1) is 0 Å². The van der Waals surface area contributed by atoms with Gasteiger partial charge in [0, 0.05) is 47.0 Å². The van der Waals surface area contributed by atoms with Crippen LogP contribution >= 0.6 is 0 Å². The lowest BCUT2D eigenvalue weighted by atomic mass is 9.75. The second-order valence-electron chi connectivity index (χ2n) is 14.7. The summed E-state index contributed by atoms with van der Waals surface area (Å²) in [5.41, 5.74) is -2.34. The topological polar surface area (TPSA) is 239 Å². The lowest BCUT2D eigenvalue weighted by molar-refractivity contribution is -0.168. The van der Waals surface area contributed by atoms with Gasteiger partial charge in [0.25, 0.3) is 5.91 Å². The Morgan fingerprint density at radius 2 is 1.51 bits per heavy atom. The van der Waals surface area contributed by atoms with Crippen molar-refractivity contribution in [2.24, 2.45) is 23.7 Å². The van der Waals surface area contributed by atoms with Crippen molar-refractivity contribution in [3.8, 4) is 11.5 Å². The Bertz CT molecular complexity index is 1920. The summed E-state index contributed by atoms with van der Waals surface area (Å²) in [6.45, 7) is 12.3. The molecule has 9 atom stereocenters. The molecular weight excluding hydrogens is 718 g/mol. The largest absolute Gasteiger partial charge is 0.505 e. The second kappa shape index (κ2) is 16.5. The smallest absolute Gasteiger partial charge is 0.313 e. The molecule has 4 aliphatic rings. The number of allylic oxidation sites excluding steroid dienone is 5. The van der Waals surface area contributed by atoms with Gasteiger partial charge in [-0.25, -0.2) is 0 Å². The number of anilines is 1. The molecular formula is C40H51NO14. The van der Waals surface area contributed by atoms with Gasteiger partial charge in [0.15, 0.2) is 11.5 Å². The number of nitrogens with one attached hydrogen (secondary N) is 1. The molecule has 1 aliphatic carbocycles. The van der Waals surface area contributed by atoms with Crippen molar-refractivity contribution in [1.82, 2.24) is 0 Å². The number of aromatic hydroxyl groups is 1. The van der Waals surface area contributed by atoms with Crippen LogP contribution in [0, 0.1) is 30.6 Å². The number of hydrogen-bond acceptors (Lipinski definition) is 14. The first-order valence-corrected chi connectivity index (χ1v) is 17.8. The van der Waals surface area contributed by atoms with Crippen LogP contribution < -0.4 is 10.1 Å². The van der Waals surface area contributed by atoms with Crippen LogP contribution in [0.15, 0.2) is 52.5 Å². The van der Waals surface area contributed by atoms with Crippen molar-refractivity contribution >= 4 is 34.9 Å². The maximum absolute atomic E-state index is 14.0. The number of aliphatic hydroxyl groups is 5. The Kier molecular flexibility index (Phi) is 12.9. The molecule has 300 valence electrons. The third-order valence-corrected chi connectivity index (χ3v) is 10.6. The predicted molar refractivity (Wildman–Crippen MR) is 198 cm³/mol. The Hall–Kier alpha value is -4.80. The number of fused-ring (bicyclic) bond motifs is 14. The summed E-state index contributed by atoms with van der Waals surface area (Å²) in [6, 6.07) is 0. The van der Waals surface area contributed by atoms with Crippen molar-refractivity contribution in [1.29, 1.82) is 0 Å². The number of ketones is 1. The molecule has 0 saturated carbocycles. The van der Waals surface area contributed by atoms with E-state index in [1.807, 2.05) is 0 Å². The lowest BCUT2D eigenvalue weighted by Crippen LogP contribution is -2.53. The fourth-order valence-corrected chi connectivity index (χ4v) is 7.28. The molecule has 3 aliphatic heterocycles. The zero-order chi connectivity index (χ0) is 41.4. The van der Waals surface area contributed by atoms with Crippen LogP contribution in [0.25, 0.3) is 5.57 Å². The number of carbonyl (C=O) groups excluding carboxylic acids is 4. The lowest BCUT2D eigenvalue weighted by Gasteiger charge is -2.39. The van der Waals surface area contributed by atoms with Gasteiger partial charge in [-0.3, -0.25) is 19.2 Å². The summed E-state index contributed by atoms with van der Waals surface area (Å²) in [6.07, 6.45) is -0.878. The molecule has 0 spiro atoms. The van der Waals surface area contributed by atoms with Crippen LogP contribution in [0.3, 0.4) is 0 Å². The molecule has 15 heteroatoms. The maximum atomic E-state index is 14.0. The van der Waals surface area contributed by atoms with Gasteiger partial charge < -0.3 is 54.9 Å². The van der Waals surface area contributed by atoms with Crippen LogP contribution in [0.4, 0.5) is 5.69 Å². The van der Waals surface area contributed by atoms with Crippen LogP contribution in [0.2, 0.25) is 0 Å². The SMILES string of the molecule is COC(=O)[C@H]1[C@H](O)[C@@H](C)[C@@H](O)[C@@](C)(O)C=C(C)C2=C3C(=C(C)C(=O)c4c(O)c(c(C)c(OC(C)=O)c43)NC(=O)C(C)=CC=C[C@@H](C)[C@@H](O)[C@@H](C)[C@H]1O)OCO2. The number of phenols is 1. The highest BCUT2D eigenvalue weighted by atomic mass is 16.7. The average Bonchev–Trinajstić information content (AvgIpc) is 3.13. The fraction of sp³-hybridized carbons (Fsp3) is 0.500. The van der Waals surface area contributed by atoms with Gasteiger partial charge in [0.1, 0.15) is 28.8 Å². The molecule has 1 amide bonds. The van der Waals surface area contributed by atoms with E-state index < -0.39 is 89.9 Å². The monoisotopic (exact) mass is 769 g/mol. The molecule has 4 bridgehead atoms. The quantitative estimate of drug-likeness (QED) is 0.130. The summed E-state index contributed by atoms with van der Waals surface area (Å²) < 4.78 is 22.3. The standard InChI is InChI=1S/C40H51NO14/c1-16-12-11-13-17(2)38(49)41-28-19(4)36(55-23(8)42)24-25(33(28)47)31(45)21(6)35-26(24)34(53-15-54-35)18(3)14-40(9,51)37(48)22(7)32(46)27(39(50)52-10)30(44)20(5)29(16)43/h11-14,16,20,22,27,29-30,32,37,43-44,46-48,51H,15H2,1-10H3,(H,41,49)/t16-,20-,22-,27-,29-,30-,32-,37-,40+/m1/s1. The number of esters is 2. The molecule has 1 aromatic carbocycles. The van der Waals surface area contributed by atoms with E-state index in [-0.39, 0.29) is 61.9 Å². The third-order valence-electron chi connectivity index (χ3n) is 10.6. The number of rotatable bonds is 2. The van der Waals surface area contributed by atoms with Crippen molar-refractivity contribution in [3.05, 3.63) is 69.2 Å². The molecule has 0 saturated heterocycles. The van der Waals surface area contributed by atoms with Gasteiger partial charge >= 0.3 is 11.9 Å². The number of phenolic OH excluding ortho intramolecular Hbond substituents is 1. The predicted octanol–water partition coefficient (Wildman–Crippen LogP) is 3.10. The summed E-state index contributed by atoms with van der Waals surface area (Å²) >= 11 is 0. The number of benzene rings is 1. The Balaban J connectivity index is 2.07. The van der Waals surface area contributed by atoms with E-state index in [1.165, 1.54) is 66.7 Å². The molecule has 0 unspecified atom stereocenters. The second-order valence-corrected chi connectivity index (χ2v) is 14.7. The molecule has 15 nitrogen and oxygen atoms in total. The van der Waals surface area contributed by atoms with Gasteiger partial charge in [-0.05, 0) is 46.3 Å². The molecule has 1 aromatic rings. The van der Waals surface area contributed by atoms with Crippen molar-refractivity contribution in [2.45, 2.75) is 92.3 Å². The number of carbonyl (C=O) groups is 4. The third kappa shape index (κ3) is 8.12. The Labute approximate surface area is 319 Å². The molecule has 0 fully saturated rings. The number of hydrogen-bond donors (Lipinski definition) is 7.